The average Bonchev–Trinajstić information content (AvgIpc) is 3.24. The van der Waals surface area contributed by atoms with Crippen molar-refractivity contribution in [3.05, 3.63) is 35.3 Å². The summed E-state index contributed by atoms with van der Waals surface area (Å²) in [6.45, 7) is 1.58. The van der Waals surface area contributed by atoms with E-state index in [2.05, 4.69) is 31.0 Å². The van der Waals surface area contributed by atoms with Gasteiger partial charge >= 0.3 is 6.18 Å². The highest BCUT2D eigenvalue weighted by Gasteiger charge is 2.36. The molecule has 3 aromatic rings. The van der Waals surface area contributed by atoms with Gasteiger partial charge in [-0.15, -0.1) is 15.3 Å². The lowest BCUT2D eigenvalue weighted by Crippen LogP contribution is -2.22. The number of halogens is 3. The Kier molecular flexibility index (Phi) is 5.18. The molecule has 0 aliphatic heterocycles. The molecule has 0 spiro atoms. The van der Waals surface area contributed by atoms with Crippen molar-refractivity contribution in [3.63, 3.8) is 0 Å². The van der Waals surface area contributed by atoms with Gasteiger partial charge < -0.3 is 0 Å². The molecule has 0 fully saturated rings. The van der Waals surface area contributed by atoms with Crippen molar-refractivity contribution in [2.75, 3.05) is 5.32 Å². The zero-order valence-corrected chi connectivity index (χ0v) is 14.6. The maximum Gasteiger partial charge on any atom is 0.445 e. The quantitative estimate of drug-likeness (QED) is 0.656. The highest BCUT2D eigenvalue weighted by Crippen LogP contribution is 2.33. The minimum absolute atomic E-state index is 0.225. The molecule has 0 radical (unpaired) electrons. The molecule has 2 heterocycles. The number of aromatic nitrogens is 6. The molecule has 1 aromatic carbocycles. The van der Waals surface area contributed by atoms with E-state index in [-0.39, 0.29) is 16.5 Å². The van der Waals surface area contributed by atoms with E-state index in [1.807, 2.05) is 18.2 Å². The average molecular weight is 401 g/mol. The number of hydrogen-bond acceptors (Lipinski definition) is 8. The summed E-state index contributed by atoms with van der Waals surface area (Å²) in [5, 5.41) is 18.3. The Hall–Kier alpha value is -2.54. The van der Waals surface area contributed by atoms with Crippen LogP contribution in [-0.4, -0.2) is 41.6 Å². The topological polar surface area (TPSA) is 98.5 Å². The molecule has 0 bridgehead atoms. The van der Waals surface area contributed by atoms with Crippen LogP contribution in [0.1, 0.15) is 11.9 Å². The van der Waals surface area contributed by atoms with Crippen LogP contribution in [0.2, 0.25) is 0 Å². The van der Waals surface area contributed by atoms with Gasteiger partial charge in [-0.1, -0.05) is 41.3 Å². The van der Waals surface area contributed by atoms with Crippen molar-refractivity contribution < 1.29 is 18.0 Å². The van der Waals surface area contributed by atoms with Crippen LogP contribution in [0.15, 0.2) is 35.5 Å². The van der Waals surface area contributed by atoms with Crippen LogP contribution < -0.4 is 5.32 Å². The Morgan fingerprint density at radius 3 is 2.62 bits per heavy atom. The lowest BCUT2D eigenvalue weighted by molar-refractivity contribution is -0.138. The fourth-order valence-corrected chi connectivity index (χ4v) is 3.21. The number of rotatable bonds is 5. The molecule has 0 unspecified atom stereocenters. The summed E-state index contributed by atoms with van der Waals surface area (Å²) in [6, 6.07) is 9.06. The third-order valence-corrected chi connectivity index (χ3v) is 4.91. The van der Waals surface area contributed by atoms with Crippen molar-refractivity contribution >= 4 is 34.1 Å². The molecule has 0 aliphatic carbocycles. The molecule has 26 heavy (non-hydrogen) atoms. The molecule has 0 saturated carbocycles. The second kappa shape index (κ2) is 7.37. The molecule has 0 saturated heterocycles. The number of nitrogens with zero attached hydrogens (tertiary/aromatic N) is 6. The highest BCUT2D eigenvalue weighted by atomic mass is 32.2. The van der Waals surface area contributed by atoms with Gasteiger partial charge in [0.15, 0.2) is 0 Å². The first-order valence-electron chi connectivity index (χ1n) is 7.06. The third-order valence-electron chi connectivity index (χ3n) is 2.99. The lowest BCUT2D eigenvalue weighted by Gasteiger charge is -2.09. The second-order valence-electron chi connectivity index (χ2n) is 4.87. The number of carbonyl (C=O) groups excluding carboxylic acids is 1. The van der Waals surface area contributed by atoms with Crippen LogP contribution in [0.3, 0.4) is 0 Å². The van der Waals surface area contributed by atoms with Gasteiger partial charge in [0.25, 0.3) is 0 Å². The molecule has 1 N–H and O–H groups in total. The fraction of sp³-hybridized carbons (Fsp3) is 0.231. The summed E-state index contributed by atoms with van der Waals surface area (Å²) in [4.78, 5) is 12.2. The largest absolute Gasteiger partial charge is 0.445 e. The van der Waals surface area contributed by atoms with Gasteiger partial charge in [0.2, 0.25) is 21.2 Å². The number of benzene rings is 1. The maximum absolute atomic E-state index is 12.5. The van der Waals surface area contributed by atoms with Gasteiger partial charge in [0.1, 0.15) is 0 Å². The molecule has 1 atom stereocenters. The first kappa shape index (κ1) is 18.3. The predicted molar refractivity (Wildman–Crippen MR) is 88.0 cm³/mol. The lowest BCUT2D eigenvalue weighted by atomic mass is 10.3. The van der Waals surface area contributed by atoms with E-state index in [0.29, 0.717) is 10.8 Å². The Balaban J connectivity index is 1.67. The van der Waals surface area contributed by atoms with Crippen molar-refractivity contribution in [1.82, 2.24) is 30.4 Å². The summed E-state index contributed by atoms with van der Waals surface area (Å²) in [5.41, 5.74) is 0.714. The highest BCUT2D eigenvalue weighted by molar-refractivity contribution is 8.00. The molecule has 8 nitrogen and oxygen atoms in total. The number of carbonyl (C=O) groups is 1. The van der Waals surface area contributed by atoms with Gasteiger partial charge in [-0.25, -0.2) is 0 Å². The van der Waals surface area contributed by atoms with Gasteiger partial charge in [-0.3, -0.25) is 10.1 Å². The van der Waals surface area contributed by atoms with E-state index in [4.69, 9.17) is 0 Å². The van der Waals surface area contributed by atoms with Crippen LogP contribution in [0.25, 0.3) is 5.69 Å². The standard InChI is InChI=1S/C13H10F3N7OS2/c1-7(9(24)17-11-19-18-10(26-11)13(14,15)16)25-12-20-21-22-23(12)8-5-3-2-4-6-8/h2-7H,1H3,(H,17,19,24)/t7-/m1/s1. The van der Waals surface area contributed by atoms with Gasteiger partial charge in [-0.2, -0.15) is 17.9 Å². The fourth-order valence-electron chi connectivity index (χ4n) is 1.79. The molecular weight excluding hydrogens is 391 g/mol. The van der Waals surface area contributed by atoms with Gasteiger partial charge in [-0.05, 0) is 29.5 Å². The van der Waals surface area contributed by atoms with Gasteiger partial charge in [0.05, 0.1) is 10.9 Å². The van der Waals surface area contributed by atoms with E-state index in [1.54, 1.807) is 19.1 Å². The van der Waals surface area contributed by atoms with Crippen LogP contribution in [0, 0.1) is 0 Å². The van der Waals surface area contributed by atoms with Crippen molar-refractivity contribution in [2.45, 2.75) is 23.5 Å². The van der Waals surface area contributed by atoms with Crippen LogP contribution in [0.4, 0.5) is 18.3 Å². The number of anilines is 1. The van der Waals surface area contributed by atoms with Crippen LogP contribution in [0.5, 0.6) is 0 Å². The molecule has 2 aromatic heterocycles. The predicted octanol–water partition coefficient (Wildman–Crippen LogP) is 2.65. The molecule has 136 valence electrons. The number of thioether (sulfide) groups is 1. The van der Waals surface area contributed by atoms with E-state index in [0.717, 1.165) is 11.8 Å². The van der Waals surface area contributed by atoms with E-state index < -0.39 is 22.3 Å². The van der Waals surface area contributed by atoms with Crippen LogP contribution in [-0.2, 0) is 11.0 Å². The number of para-hydroxylation sites is 1. The minimum Gasteiger partial charge on any atom is -0.300 e. The minimum atomic E-state index is -4.60. The van der Waals surface area contributed by atoms with Crippen molar-refractivity contribution in [2.24, 2.45) is 0 Å². The molecular formula is C13H10F3N7OS2. The summed E-state index contributed by atoms with van der Waals surface area (Å²) < 4.78 is 39.0. The smallest absolute Gasteiger partial charge is 0.300 e. The zero-order valence-electron chi connectivity index (χ0n) is 13.0. The monoisotopic (exact) mass is 401 g/mol. The van der Waals surface area contributed by atoms with Gasteiger partial charge in [0, 0.05) is 0 Å². The Labute approximate surface area is 152 Å². The number of amides is 1. The molecule has 1 amide bonds. The van der Waals surface area contributed by atoms with Crippen molar-refractivity contribution in [3.8, 4) is 5.69 Å². The summed E-state index contributed by atoms with van der Waals surface area (Å²) in [5.74, 6) is -0.539. The normalized spacial score (nSPS) is 12.8. The number of alkyl halides is 3. The van der Waals surface area contributed by atoms with E-state index in [9.17, 15) is 18.0 Å². The Morgan fingerprint density at radius 1 is 1.23 bits per heavy atom. The number of tetrazole rings is 1. The Bertz CT molecular complexity index is 897. The second-order valence-corrected chi connectivity index (χ2v) is 7.15. The summed E-state index contributed by atoms with van der Waals surface area (Å²) >= 11 is 1.32. The number of hydrogen-bond donors (Lipinski definition) is 1. The van der Waals surface area contributed by atoms with E-state index >= 15 is 0 Å². The van der Waals surface area contributed by atoms with E-state index in [1.165, 1.54) is 4.68 Å². The summed E-state index contributed by atoms with van der Waals surface area (Å²) in [7, 11) is 0. The number of nitrogens with one attached hydrogen (secondary N) is 1. The molecule has 0 aliphatic rings. The van der Waals surface area contributed by atoms with Crippen LogP contribution >= 0.6 is 23.1 Å². The third kappa shape index (κ3) is 4.16. The zero-order chi connectivity index (χ0) is 18.7. The maximum atomic E-state index is 12.5. The molecule has 13 heteroatoms. The Morgan fingerprint density at radius 2 is 1.96 bits per heavy atom. The SMILES string of the molecule is C[C@@H](Sc1nnnn1-c1ccccc1)C(=O)Nc1nnc(C(F)(F)F)s1. The molecule has 3 rings (SSSR count). The van der Waals surface area contributed by atoms with Crippen molar-refractivity contribution in [1.29, 1.82) is 0 Å². The first-order chi connectivity index (χ1) is 12.3. The first-order valence-corrected chi connectivity index (χ1v) is 8.76. The summed E-state index contributed by atoms with van der Waals surface area (Å²) in [6.07, 6.45) is -4.60.